The molecule has 0 fully saturated rings. The first-order valence-electron chi connectivity index (χ1n) is 9.97. The highest BCUT2D eigenvalue weighted by atomic mass is 16.5. The van der Waals surface area contributed by atoms with E-state index in [1.165, 1.54) is 0 Å². The van der Waals surface area contributed by atoms with Crippen LogP contribution in [0.3, 0.4) is 0 Å². The van der Waals surface area contributed by atoms with Crippen molar-refractivity contribution in [2.45, 2.75) is 13.0 Å². The molecule has 3 aromatic rings. The first-order chi connectivity index (χ1) is 14.1. The van der Waals surface area contributed by atoms with Crippen molar-refractivity contribution >= 4 is 11.1 Å². The van der Waals surface area contributed by atoms with Gasteiger partial charge in [0, 0.05) is 6.54 Å². The van der Waals surface area contributed by atoms with Crippen molar-refractivity contribution in [1.82, 2.24) is 4.90 Å². The molecular formula is C26H29NO2. The van der Waals surface area contributed by atoms with E-state index in [0.29, 0.717) is 6.61 Å². The van der Waals surface area contributed by atoms with Crippen LogP contribution >= 0.6 is 0 Å². The maximum atomic E-state index is 10.7. The first kappa shape index (κ1) is 20.8. The number of aliphatic hydroxyl groups is 1. The summed E-state index contributed by atoms with van der Waals surface area (Å²) in [4.78, 5) is 2.10. The van der Waals surface area contributed by atoms with Crippen molar-refractivity contribution < 1.29 is 9.84 Å². The van der Waals surface area contributed by atoms with Crippen LogP contribution < -0.4 is 4.74 Å². The molecule has 3 nitrogen and oxygen atoms in total. The van der Waals surface area contributed by atoms with Crippen molar-refractivity contribution in [1.29, 1.82) is 0 Å². The Hall–Kier alpha value is -2.88. The Labute approximate surface area is 173 Å². The van der Waals surface area contributed by atoms with Gasteiger partial charge in [0.1, 0.15) is 12.4 Å². The van der Waals surface area contributed by atoms with Crippen LogP contribution in [0.15, 0.2) is 84.9 Å². The van der Waals surface area contributed by atoms with Gasteiger partial charge in [-0.15, -0.1) is 0 Å². The van der Waals surface area contributed by atoms with E-state index in [4.69, 9.17) is 4.74 Å². The van der Waals surface area contributed by atoms with E-state index in [2.05, 4.69) is 29.2 Å². The third-order valence-corrected chi connectivity index (χ3v) is 4.78. The van der Waals surface area contributed by atoms with E-state index in [1.807, 2.05) is 81.7 Å². The summed E-state index contributed by atoms with van der Waals surface area (Å²) < 4.78 is 5.84. The summed E-state index contributed by atoms with van der Waals surface area (Å²) in [6.07, 6.45) is -0.608. The van der Waals surface area contributed by atoms with E-state index < -0.39 is 6.10 Å². The van der Waals surface area contributed by atoms with Crippen LogP contribution in [-0.2, 0) is 0 Å². The molecule has 0 saturated heterocycles. The number of rotatable bonds is 8. The molecule has 29 heavy (non-hydrogen) atoms. The number of benzene rings is 3. The molecule has 0 aliphatic rings. The summed E-state index contributed by atoms with van der Waals surface area (Å²) in [5.41, 5.74) is 5.10. The number of nitrogens with zero attached hydrogens (tertiary/aromatic N) is 1. The molecule has 0 radical (unpaired) electrons. The Morgan fingerprint density at radius 3 is 1.83 bits per heavy atom. The zero-order valence-corrected chi connectivity index (χ0v) is 17.4. The van der Waals surface area contributed by atoms with E-state index in [-0.39, 0.29) is 0 Å². The lowest BCUT2D eigenvalue weighted by Gasteiger charge is -2.20. The minimum absolute atomic E-state index is 0.608. The van der Waals surface area contributed by atoms with E-state index in [9.17, 15) is 5.11 Å². The van der Waals surface area contributed by atoms with Crippen LogP contribution in [-0.4, -0.2) is 43.4 Å². The topological polar surface area (TPSA) is 32.7 Å². The van der Waals surface area contributed by atoms with Crippen LogP contribution in [0.2, 0.25) is 0 Å². The molecule has 0 saturated carbocycles. The number of ether oxygens (including phenoxy) is 1. The lowest BCUT2D eigenvalue weighted by atomic mass is 9.87. The predicted molar refractivity (Wildman–Crippen MR) is 121 cm³/mol. The molecule has 150 valence electrons. The third kappa shape index (κ3) is 5.57. The molecule has 1 atom stereocenters. The van der Waals surface area contributed by atoms with Gasteiger partial charge < -0.3 is 14.7 Å². The molecule has 0 aliphatic carbocycles. The number of hydrogen-bond donors (Lipinski definition) is 1. The second-order valence-corrected chi connectivity index (χ2v) is 7.37. The molecule has 0 spiro atoms. The van der Waals surface area contributed by atoms with Gasteiger partial charge in [-0.05, 0) is 61.0 Å². The van der Waals surface area contributed by atoms with Crippen LogP contribution in [0.1, 0.15) is 23.6 Å². The average Bonchev–Trinajstić information content (AvgIpc) is 2.73. The van der Waals surface area contributed by atoms with Gasteiger partial charge in [-0.25, -0.2) is 0 Å². The number of hydrogen-bond acceptors (Lipinski definition) is 3. The summed E-state index contributed by atoms with van der Waals surface area (Å²) in [5.74, 6) is 0.848. The quantitative estimate of drug-likeness (QED) is 0.554. The SMILES string of the molecule is C[C@H](O)/C(=C(/c1ccccc1)c1ccc(OCCN(C)C)cc1)c1ccccc1. The van der Waals surface area contributed by atoms with Crippen LogP contribution in [0, 0.1) is 0 Å². The Morgan fingerprint density at radius 1 is 0.793 bits per heavy atom. The number of aliphatic hydroxyl groups excluding tert-OH is 1. The predicted octanol–water partition coefficient (Wildman–Crippen LogP) is 4.97. The van der Waals surface area contributed by atoms with Gasteiger partial charge in [0.2, 0.25) is 0 Å². The van der Waals surface area contributed by atoms with Crippen molar-refractivity contribution in [3.63, 3.8) is 0 Å². The second-order valence-electron chi connectivity index (χ2n) is 7.37. The Balaban J connectivity index is 2.05. The van der Waals surface area contributed by atoms with E-state index >= 15 is 0 Å². The molecule has 3 aromatic carbocycles. The van der Waals surface area contributed by atoms with Gasteiger partial charge in [0.05, 0.1) is 6.10 Å². The third-order valence-electron chi connectivity index (χ3n) is 4.78. The summed E-state index contributed by atoms with van der Waals surface area (Å²) in [7, 11) is 4.06. The second kappa shape index (κ2) is 10.1. The zero-order valence-electron chi connectivity index (χ0n) is 17.4. The summed E-state index contributed by atoms with van der Waals surface area (Å²) in [6.45, 7) is 3.35. The minimum atomic E-state index is -0.608. The number of likely N-dealkylation sites (N-methyl/N-ethyl adjacent to an activating group) is 1. The Bertz CT molecular complexity index is 914. The van der Waals surface area contributed by atoms with Gasteiger partial charge in [0.15, 0.2) is 0 Å². The highest BCUT2D eigenvalue weighted by Gasteiger charge is 2.17. The lowest BCUT2D eigenvalue weighted by Crippen LogP contribution is -2.19. The molecule has 0 bridgehead atoms. The van der Waals surface area contributed by atoms with Crippen LogP contribution in [0.4, 0.5) is 0 Å². The van der Waals surface area contributed by atoms with E-state index in [0.717, 1.165) is 40.1 Å². The molecule has 0 amide bonds. The summed E-state index contributed by atoms with van der Waals surface area (Å²) >= 11 is 0. The van der Waals surface area contributed by atoms with Gasteiger partial charge in [-0.1, -0.05) is 72.8 Å². The highest BCUT2D eigenvalue weighted by Crippen LogP contribution is 2.35. The van der Waals surface area contributed by atoms with Gasteiger partial charge >= 0.3 is 0 Å². The summed E-state index contributed by atoms with van der Waals surface area (Å²) in [5, 5.41) is 10.7. The Kier molecular flexibility index (Phi) is 7.23. The summed E-state index contributed by atoms with van der Waals surface area (Å²) in [6, 6.07) is 28.5. The maximum Gasteiger partial charge on any atom is 0.119 e. The standard InChI is InChI=1S/C26H29NO2/c1-20(28)25(21-10-6-4-7-11-21)26(22-12-8-5-9-13-22)23-14-16-24(17-15-23)29-19-18-27(2)3/h4-17,20,28H,18-19H2,1-3H3/b26-25+/t20-/m0/s1. The fraction of sp³-hybridized carbons (Fsp3) is 0.231. The highest BCUT2D eigenvalue weighted by molar-refractivity contribution is 5.99. The molecule has 0 aliphatic heterocycles. The zero-order chi connectivity index (χ0) is 20.6. The molecule has 3 heteroatoms. The maximum absolute atomic E-state index is 10.7. The van der Waals surface area contributed by atoms with E-state index in [1.54, 1.807) is 0 Å². The molecule has 3 rings (SSSR count). The van der Waals surface area contributed by atoms with Crippen LogP contribution in [0.25, 0.3) is 11.1 Å². The van der Waals surface area contributed by atoms with Gasteiger partial charge in [0.25, 0.3) is 0 Å². The van der Waals surface area contributed by atoms with Crippen molar-refractivity contribution in [2.75, 3.05) is 27.2 Å². The molecular weight excluding hydrogens is 358 g/mol. The lowest BCUT2D eigenvalue weighted by molar-refractivity contribution is 0.253. The van der Waals surface area contributed by atoms with Crippen molar-refractivity contribution in [3.8, 4) is 5.75 Å². The molecule has 0 unspecified atom stereocenters. The normalized spacial score (nSPS) is 13.1. The fourth-order valence-electron chi connectivity index (χ4n) is 3.36. The minimum Gasteiger partial charge on any atom is -0.492 e. The molecule has 0 heterocycles. The largest absolute Gasteiger partial charge is 0.492 e. The van der Waals surface area contributed by atoms with Crippen molar-refractivity contribution in [3.05, 3.63) is 102 Å². The van der Waals surface area contributed by atoms with Crippen molar-refractivity contribution in [2.24, 2.45) is 0 Å². The van der Waals surface area contributed by atoms with Crippen LogP contribution in [0.5, 0.6) is 5.75 Å². The molecule has 1 N–H and O–H groups in total. The Morgan fingerprint density at radius 2 is 1.31 bits per heavy atom. The average molecular weight is 388 g/mol. The molecule has 0 aromatic heterocycles. The first-order valence-corrected chi connectivity index (χ1v) is 9.97. The fourth-order valence-corrected chi connectivity index (χ4v) is 3.36. The monoisotopic (exact) mass is 387 g/mol. The smallest absolute Gasteiger partial charge is 0.119 e. The van der Waals surface area contributed by atoms with Gasteiger partial charge in [-0.2, -0.15) is 0 Å². The van der Waals surface area contributed by atoms with Gasteiger partial charge in [-0.3, -0.25) is 0 Å².